The molecule has 0 aliphatic rings. The van der Waals surface area contributed by atoms with Crippen LogP contribution in [0.25, 0.3) is 5.69 Å². The first-order valence-corrected chi connectivity index (χ1v) is 13.2. The molecule has 0 bridgehead atoms. The highest BCUT2D eigenvalue weighted by molar-refractivity contribution is 7.92. The van der Waals surface area contributed by atoms with E-state index >= 15 is 0 Å². The number of para-hydroxylation sites is 2. The minimum Gasteiger partial charge on any atom is -0.504 e. The highest BCUT2D eigenvalue weighted by Crippen LogP contribution is 2.28. The third-order valence-corrected chi connectivity index (χ3v) is 7.79. The second kappa shape index (κ2) is 11.3. The number of hydrogen-bond donors (Lipinski definition) is 2. The van der Waals surface area contributed by atoms with Gasteiger partial charge in [0.15, 0.2) is 11.5 Å². The maximum atomic E-state index is 13.7. The molecule has 0 fully saturated rings. The van der Waals surface area contributed by atoms with E-state index in [-0.39, 0.29) is 27.6 Å². The SMILES string of the molecule is COc1cccc(/C=N\NC(=O)CN(c2c(C)n(C)n(-c3ccccc3)c2=O)S(=O)(=O)c2ccccc2)c1O. The fraction of sp³-hybridized carbons (Fsp3) is 0.148. The first-order chi connectivity index (χ1) is 18.7. The fourth-order valence-electron chi connectivity index (χ4n) is 3.99. The summed E-state index contributed by atoms with van der Waals surface area (Å²) in [4.78, 5) is 26.5. The Labute approximate surface area is 225 Å². The Morgan fingerprint density at radius 2 is 1.69 bits per heavy atom. The van der Waals surface area contributed by atoms with Gasteiger partial charge in [-0.3, -0.25) is 14.3 Å². The van der Waals surface area contributed by atoms with Gasteiger partial charge in [-0.15, -0.1) is 0 Å². The summed E-state index contributed by atoms with van der Waals surface area (Å²) in [5.41, 5.74) is 2.62. The Bertz CT molecular complexity index is 1680. The van der Waals surface area contributed by atoms with Crippen LogP contribution in [0.15, 0.2) is 93.7 Å². The number of hydrogen-bond acceptors (Lipinski definition) is 7. The smallest absolute Gasteiger partial charge is 0.296 e. The van der Waals surface area contributed by atoms with Gasteiger partial charge in [-0.1, -0.05) is 42.5 Å². The topological polar surface area (TPSA) is 135 Å². The molecule has 0 spiro atoms. The molecule has 0 saturated heterocycles. The molecule has 3 aromatic carbocycles. The average Bonchev–Trinajstić information content (AvgIpc) is 3.16. The van der Waals surface area contributed by atoms with E-state index in [9.17, 15) is 23.1 Å². The zero-order valence-corrected chi connectivity index (χ0v) is 22.3. The standard InChI is InChI=1S/C27H27N5O6S/c1-19-25(27(35)32(30(19)2)21-12-6-4-7-13-21)31(39(36,37)22-14-8-5-9-15-22)18-24(33)29-28-17-20-11-10-16-23(38-3)26(20)34/h4-17,34H,18H2,1-3H3,(H,29,33)/b28-17-. The van der Waals surface area contributed by atoms with Gasteiger partial charge in [0.05, 0.1) is 29.6 Å². The number of nitrogens with one attached hydrogen (secondary N) is 1. The number of phenols is 1. The number of nitrogens with zero attached hydrogens (tertiary/aromatic N) is 4. The summed E-state index contributed by atoms with van der Waals surface area (Å²) in [6.45, 7) is 0.874. The Morgan fingerprint density at radius 3 is 2.33 bits per heavy atom. The molecule has 0 atom stereocenters. The van der Waals surface area contributed by atoms with Crippen molar-refractivity contribution in [1.82, 2.24) is 14.8 Å². The van der Waals surface area contributed by atoms with E-state index in [4.69, 9.17) is 4.74 Å². The van der Waals surface area contributed by atoms with Crippen LogP contribution in [0.5, 0.6) is 11.5 Å². The molecule has 0 aliphatic carbocycles. The zero-order chi connectivity index (χ0) is 28.2. The third kappa shape index (κ3) is 5.41. The Balaban J connectivity index is 1.72. The summed E-state index contributed by atoms with van der Waals surface area (Å²) >= 11 is 0. The normalized spacial score (nSPS) is 11.5. The van der Waals surface area contributed by atoms with Gasteiger partial charge in [0.25, 0.3) is 21.5 Å². The molecule has 0 aliphatic heterocycles. The number of aromatic nitrogens is 2. The molecule has 12 heteroatoms. The highest BCUT2D eigenvalue weighted by atomic mass is 32.2. The lowest BCUT2D eigenvalue weighted by Gasteiger charge is -2.22. The summed E-state index contributed by atoms with van der Waals surface area (Å²) in [5, 5.41) is 14.1. The monoisotopic (exact) mass is 549 g/mol. The molecule has 1 amide bonds. The maximum absolute atomic E-state index is 13.7. The minimum absolute atomic E-state index is 0.0866. The van der Waals surface area contributed by atoms with Gasteiger partial charge in [0.1, 0.15) is 12.2 Å². The predicted octanol–water partition coefficient (Wildman–Crippen LogP) is 2.54. The second-order valence-corrected chi connectivity index (χ2v) is 10.3. The van der Waals surface area contributed by atoms with Crippen molar-refractivity contribution < 1.29 is 23.1 Å². The van der Waals surface area contributed by atoms with Gasteiger partial charge in [-0.2, -0.15) is 5.10 Å². The molecule has 0 radical (unpaired) electrons. The van der Waals surface area contributed by atoms with Crippen molar-refractivity contribution >= 4 is 27.8 Å². The van der Waals surface area contributed by atoms with Crippen LogP contribution in [0.4, 0.5) is 5.69 Å². The number of methoxy groups -OCH3 is 1. The number of anilines is 1. The highest BCUT2D eigenvalue weighted by Gasteiger charge is 2.33. The van der Waals surface area contributed by atoms with Crippen LogP contribution < -0.4 is 20.0 Å². The van der Waals surface area contributed by atoms with E-state index in [0.29, 0.717) is 11.4 Å². The molecule has 1 aromatic heterocycles. The van der Waals surface area contributed by atoms with E-state index in [2.05, 4.69) is 10.5 Å². The number of amides is 1. The molecule has 4 aromatic rings. The first kappa shape index (κ1) is 27.2. The van der Waals surface area contributed by atoms with Gasteiger partial charge in [-0.25, -0.2) is 22.8 Å². The second-order valence-electron chi connectivity index (χ2n) is 8.43. The molecule has 202 valence electrons. The minimum atomic E-state index is -4.34. The van der Waals surface area contributed by atoms with E-state index in [1.807, 2.05) is 0 Å². The lowest BCUT2D eigenvalue weighted by Crippen LogP contribution is -2.42. The predicted molar refractivity (Wildman–Crippen MR) is 147 cm³/mol. The number of sulfonamides is 1. The van der Waals surface area contributed by atoms with Gasteiger partial charge in [0, 0.05) is 12.6 Å². The van der Waals surface area contributed by atoms with Crippen LogP contribution in [-0.2, 0) is 21.9 Å². The van der Waals surface area contributed by atoms with E-state index in [1.54, 1.807) is 80.7 Å². The molecule has 0 unspecified atom stereocenters. The van der Waals surface area contributed by atoms with Crippen LogP contribution >= 0.6 is 0 Å². The van der Waals surface area contributed by atoms with Gasteiger partial charge < -0.3 is 9.84 Å². The first-order valence-electron chi connectivity index (χ1n) is 11.8. The summed E-state index contributed by atoms with van der Waals surface area (Å²) in [6.07, 6.45) is 1.20. The number of carbonyl (C=O) groups is 1. The number of hydrazone groups is 1. The van der Waals surface area contributed by atoms with Crippen molar-refractivity contribution in [3.05, 3.63) is 100 Å². The van der Waals surface area contributed by atoms with Crippen LogP contribution in [-0.4, -0.2) is 48.7 Å². The number of phenolic OH excluding ortho intramolecular Hbond substituents is 1. The van der Waals surface area contributed by atoms with Crippen molar-refractivity contribution in [2.75, 3.05) is 18.0 Å². The number of carbonyl (C=O) groups excluding carboxylic acids is 1. The van der Waals surface area contributed by atoms with Gasteiger partial charge in [0.2, 0.25) is 0 Å². The maximum Gasteiger partial charge on any atom is 0.296 e. The van der Waals surface area contributed by atoms with Crippen LogP contribution in [0, 0.1) is 6.92 Å². The quantitative estimate of drug-likeness (QED) is 0.243. The molecular weight excluding hydrogens is 522 g/mol. The van der Waals surface area contributed by atoms with Crippen LogP contribution in [0.2, 0.25) is 0 Å². The average molecular weight is 550 g/mol. The molecule has 11 nitrogen and oxygen atoms in total. The lowest BCUT2D eigenvalue weighted by molar-refractivity contribution is -0.119. The summed E-state index contributed by atoms with van der Waals surface area (Å²) in [7, 11) is -1.31. The van der Waals surface area contributed by atoms with Gasteiger partial charge >= 0.3 is 0 Å². The third-order valence-electron chi connectivity index (χ3n) is 6.03. The lowest BCUT2D eigenvalue weighted by atomic mass is 10.2. The summed E-state index contributed by atoms with van der Waals surface area (Å²) < 4.78 is 36.2. The van der Waals surface area contributed by atoms with Crippen molar-refractivity contribution in [3.8, 4) is 17.2 Å². The van der Waals surface area contributed by atoms with Crippen molar-refractivity contribution in [1.29, 1.82) is 0 Å². The number of ether oxygens (including phenoxy) is 1. The van der Waals surface area contributed by atoms with Crippen LogP contribution in [0.3, 0.4) is 0 Å². The molecule has 39 heavy (non-hydrogen) atoms. The van der Waals surface area contributed by atoms with Crippen LogP contribution in [0.1, 0.15) is 11.3 Å². The number of benzene rings is 3. The Hall–Kier alpha value is -4.84. The molecule has 1 heterocycles. The number of aromatic hydroxyl groups is 1. The van der Waals surface area contributed by atoms with Crippen molar-refractivity contribution in [2.45, 2.75) is 11.8 Å². The van der Waals surface area contributed by atoms with Crippen molar-refractivity contribution in [3.63, 3.8) is 0 Å². The molecule has 0 saturated carbocycles. The Kier molecular flexibility index (Phi) is 7.86. The molecule has 4 rings (SSSR count). The van der Waals surface area contributed by atoms with E-state index in [1.165, 1.54) is 34.8 Å². The molecular formula is C27H27N5O6S. The summed E-state index contributed by atoms with van der Waals surface area (Å²) in [6, 6.07) is 21.0. The Morgan fingerprint density at radius 1 is 1.05 bits per heavy atom. The largest absolute Gasteiger partial charge is 0.504 e. The van der Waals surface area contributed by atoms with E-state index in [0.717, 1.165) is 4.31 Å². The fourth-order valence-corrected chi connectivity index (χ4v) is 5.49. The zero-order valence-electron chi connectivity index (χ0n) is 21.5. The summed E-state index contributed by atoms with van der Waals surface area (Å²) in [5.74, 6) is -0.755. The molecule has 2 N–H and O–H groups in total. The number of rotatable bonds is 9. The van der Waals surface area contributed by atoms with E-state index < -0.39 is 28.0 Å². The van der Waals surface area contributed by atoms with Crippen molar-refractivity contribution in [2.24, 2.45) is 12.1 Å². The van der Waals surface area contributed by atoms with Gasteiger partial charge in [-0.05, 0) is 43.3 Å².